The van der Waals surface area contributed by atoms with E-state index in [2.05, 4.69) is 28.2 Å². The van der Waals surface area contributed by atoms with E-state index in [1.165, 1.54) is 0 Å². The number of methoxy groups -OCH3 is 1. The van der Waals surface area contributed by atoms with Crippen LogP contribution in [0.3, 0.4) is 0 Å². The maximum atomic E-state index is 5.88. The van der Waals surface area contributed by atoms with Gasteiger partial charge in [-0.15, -0.1) is 0 Å². The average Bonchev–Trinajstić information content (AvgIpc) is 2.53. The number of benzene rings is 2. The van der Waals surface area contributed by atoms with Gasteiger partial charge in [-0.3, -0.25) is 0 Å². The van der Waals surface area contributed by atoms with Gasteiger partial charge in [0.05, 0.1) is 13.7 Å². The molecule has 112 valence electrons. The van der Waals surface area contributed by atoms with Gasteiger partial charge in [0, 0.05) is 22.3 Å². The molecule has 0 saturated heterocycles. The highest BCUT2D eigenvalue weighted by atomic mass is 79.9. The van der Waals surface area contributed by atoms with Crippen LogP contribution in [-0.2, 0) is 6.54 Å². The minimum absolute atomic E-state index is 0.668. The number of para-hydroxylation sites is 1. The molecule has 0 atom stereocenters. The second-order valence-corrected chi connectivity index (χ2v) is 5.48. The van der Waals surface area contributed by atoms with Crippen molar-refractivity contribution in [2.45, 2.75) is 19.9 Å². The van der Waals surface area contributed by atoms with Gasteiger partial charge in [-0.05, 0) is 30.7 Å². The Morgan fingerprint density at radius 1 is 1.10 bits per heavy atom. The van der Waals surface area contributed by atoms with Gasteiger partial charge in [0.25, 0.3) is 0 Å². The van der Waals surface area contributed by atoms with Crippen LogP contribution in [0.1, 0.15) is 18.9 Å². The molecular formula is C17H20BrNO2. The van der Waals surface area contributed by atoms with Crippen LogP contribution < -0.4 is 14.8 Å². The van der Waals surface area contributed by atoms with E-state index in [9.17, 15) is 0 Å². The van der Waals surface area contributed by atoms with Crippen molar-refractivity contribution in [3.8, 4) is 11.5 Å². The van der Waals surface area contributed by atoms with E-state index in [4.69, 9.17) is 9.47 Å². The fraction of sp³-hybridized carbons (Fsp3) is 0.294. The molecular weight excluding hydrogens is 330 g/mol. The summed E-state index contributed by atoms with van der Waals surface area (Å²) in [4.78, 5) is 0. The molecule has 3 nitrogen and oxygen atoms in total. The summed E-state index contributed by atoms with van der Waals surface area (Å²) in [6.07, 6.45) is 0.960. The van der Waals surface area contributed by atoms with Crippen LogP contribution in [0, 0.1) is 0 Å². The lowest BCUT2D eigenvalue weighted by molar-refractivity contribution is 0.291. The molecule has 2 rings (SSSR count). The standard InChI is InChI=1S/C17H20BrNO2/c1-3-11-21-17-14(15(18)9-10-16(17)20-2)12-19-13-7-5-4-6-8-13/h4-10,19H,3,11-12H2,1-2H3. The van der Waals surface area contributed by atoms with Crippen LogP contribution in [0.5, 0.6) is 11.5 Å². The third kappa shape index (κ3) is 4.14. The van der Waals surface area contributed by atoms with Crippen LogP contribution in [0.2, 0.25) is 0 Å². The molecule has 0 unspecified atom stereocenters. The zero-order chi connectivity index (χ0) is 15.1. The van der Waals surface area contributed by atoms with E-state index in [-0.39, 0.29) is 0 Å². The van der Waals surface area contributed by atoms with Crippen molar-refractivity contribution in [2.75, 3.05) is 19.0 Å². The predicted molar refractivity (Wildman–Crippen MR) is 90.2 cm³/mol. The largest absolute Gasteiger partial charge is 0.493 e. The van der Waals surface area contributed by atoms with Crippen LogP contribution in [0.25, 0.3) is 0 Å². The monoisotopic (exact) mass is 349 g/mol. The maximum absolute atomic E-state index is 5.88. The molecule has 1 N–H and O–H groups in total. The molecule has 0 heterocycles. The Hall–Kier alpha value is -1.68. The van der Waals surface area contributed by atoms with Crippen molar-refractivity contribution in [2.24, 2.45) is 0 Å². The summed E-state index contributed by atoms with van der Waals surface area (Å²) in [5.41, 5.74) is 2.14. The van der Waals surface area contributed by atoms with Gasteiger partial charge in [0.2, 0.25) is 0 Å². The number of hydrogen-bond donors (Lipinski definition) is 1. The Morgan fingerprint density at radius 2 is 1.86 bits per heavy atom. The minimum atomic E-state index is 0.668. The number of halogens is 1. The molecule has 4 heteroatoms. The van der Waals surface area contributed by atoms with Gasteiger partial charge < -0.3 is 14.8 Å². The molecule has 21 heavy (non-hydrogen) atoms. The molecule has 2 aromatic carbocycles. The molecule has 0 aliphatic rings. The van der Waals surface area contributed by atoms with E-state index < -0.39 is 0 Å². The summed E-state index contributed by atoms with van der Waals surface area (Å²) in [5.74, 6) is 1.56. The van der Waals surface area contributed by atoms with Gasteiger partial charge in [-0.1, -0.05) is 41.1 Å². The van der Waals surface area contributed by atoms with Crippen molar-refractivity contribution in [1.29, 1.82) is 0 Å². The highest BCUT2D eigenvalue weighted by molar-refractivity contribution is 9.10. The Morgan fingerprint density at radius 3 is 2.52 bits per heavy atom. The Kier molecular flexibility index (Phi) is 5.93. The fourth-order valence-electron chi connectivity index (χ4n) is 2.02. The summed E-state index contributed by atoms with van der Waals surface area (Å²) >= 11 is 3.60. The van der Waals surface area contributed by atoms with Crippen molar-refractivity contribution < 1.29 is 9.47 Å². The number of ether oxygens (including phenoxy) is 2. The first-order valence-corrected chi connectivity index (χ1v) is 7.82. The molecule has 0 amide bonds. The van der Waals surface area contributed by atoms with Crippen LogP contribution in [-0.4, -0.2) is 13.7 Å². The first kappa shape index (κ1) is 15.7. The lowest BCUT2D eigenvalue weighted by Crippen LogP contribution is -2.06. The number of nitrogens with one attached hydrogen (secondary N) is 1. The minimum Gasteiger partial charge on any atom is -0.493 e. The number of rotatable bonds is 7. The highest BCUT2D eigenvalue weighted by Gasteiger charge is 2.14. The molecule has 0 saturated carbocycles. The molecule has 0 aliphatic heterocycles. The summed E-state index contributed by atoms with van der Waals surface area (Å²) in [6, 6.07) is 14.0. The molecule has 0 aromatic heterocycles. The Labute approximate surface area is 134 Å². The molecule has 0 fully saturated rings. The SMILES string of the molecule is CCCOc1c(OC)ccc(Br)c1CNc1ccccc1. The lowest BCUT2D eigenvalue weighted by Gasteiger charge is -2.17. The topological polar surface area (TPSA) is 30.5 Å². The zero-order valence-electron chi connectivity index (χ0n) is 12.4. The van der Waals surface area contributed by atoms with E-state index in [1.807, 2.05) is 42.5 Å². The quantitative estimate of drug-likeness (QED) is 0.774. The summed E-state index contributed by atoms with van der Waals surface area (Å²) in [5, 5.41) is 3.40. The molecule has 0 bridgehead atoms. The molecule has 0 aliphatic carbocycles. The second-order valence-electron chi connectivity index (χ2n) is 4.63. The highest BCUT2D eigenvalue weighted by Crippen LogP contribution is 2.36. The van der Waals surface area contributed by atoms with Crippen LogP contribution in [0.15, 0.2) is 46.9 Å². The third-order valence-corrected chi connectivity index (χ3v) is 3.82. The lowest BCUT2D eigenvalue weighted by atomic mass is 10.1. The van der Waals surface area contributed by atoms with Crippen molar-refractivity contribution in [1.82, 2.24) is 0 Å². The molecule has 0 radical (unpaired) electrons. The van der Waals surface area contributed by atoms with E-state index in [0.717, 1.165) is 33.6 Å². The normalized spacial score (nSPS) is 10.2. The Balaban J connectivity index is 2.23. The second kappa shape index (κ2) is 7.93. The maximum Gasteiger partial charge on any atom is 0.167 e. The van der Waals surface area contributed by atoms with Gasteiger partial charge in [0.1, 0.15) is 0 Å². The number of anilines is 1. The van der Waals surface area contributed by atoms with Gasteiger partial charge in [0.15, 0.2) is 11.5 Å². The van der Waals surface area contributed by atoms with Crippen molar-refractivity contribution >= 4 is 21.6 Å². The van der Waals surface area contributed by atoms with Crippen molar-refractivity contribution in [3.05, 3.63) is 52.5 Å². The van der Waals surface area contributed by atoms with E-state index >= 15 is 0 Å². The van der Waals surface area contributed by atoms with E-state index in [1.54, 1.807) is 7.11 Å². The van der Waals surface area contributed by atoms with Crippen LogP contribution in [0.4, 0.5) is 5.69 Å². The number of hydrogen-bond acceptors (Lipinski definition) is 3. The van der Waals surface area contributed by atoms with E-state index in [0.29, 0.717) is 13.2 Å². The predicted octanol–water partition coefficient (Wildman–Crippen LogP) is 4.86. The smallest absolute Gasteiger partial charge is 0.167 e. The zero-order valence-corrected chi connectivity index (χ0v) is 13.9. The summed E-state index contributed by atoms with van der Waals surface area (Å²) < 4.78 is 12.3. The third-order valence-electron chi connectivity index (χ3n) is 3.08. The Bertz CT molecular complexity index is 573. The first-order chi connectivity index (χ1) is 10.3. The molecule has 0 spiro atoms. The van der Waals surface area contributed by atoms with Crippen LogP contribution >= 0.6 is 15.9 Å². The fourth-order valence-corrected chi connectivity index (χ4v) is 2.47. The molecule has 2 aromatic rings. The average molecular weight is 350 g/mol. The van der Waals surface area contributed by atoms with Gasteiger partial charge in [-0.2, -0.15) is 0 Å². The summed E-state index contributed by atoms with van der Waals surface area (Å²) in [7, 11) is 1.66. The first-order valence-electron chi connectivity index (χ1n) is 7.03. The summed E-state index contributed by atoms with van der Waals surface area (Å²) in [6.45, 7) is 3.43. The van der Waals surface area contributed by atoms with Gasteiger partial charge in [-0.25, -0.2) is 0 Å². The van der Waals surface area contributed by atoms with Gasteiger partial charge >= 0.3 is 0 Å². The van der Waals surface area contributed by atoms with Crippen molar-refractivity contribution in [3.63, 3.8) is 0 Å².